The highest BCUT2D eigenvalue weighted by molar-refractivity contribution is 7.99. The van der Waals surface area contributed by atoms with E-state index in [0.717, 1.165) is 29.4 Å². The van der Waals surface area contributed by atoms with Crippen molar-refractivity contribution in [1.82, 2.24) is 19.4 Å². The smallest absolute Gasteiger partial charge is 0.235 e. The van der Waals surface area contributed by atoms with Crippen LogP contribution in [-0.4, -0.2) is 49.4 Å². The van der Waals surface area contributed by atoms with Crippen molar-refractivity contribution in [2.75, 3.05) is 18.1 Å². The van der Waals surface area contributed by atoms with Gasteiger partial charge in [0.25, 0.3) is 0 Å². The van der Waals surface area contributed by atoms with Crippen LogP contribution in [0.3, 0.4) is 0 Å². The third kappa shape index (κ3) is 3.25. The topological polar surface area (TPSA) is 77.0 Å². The number of nitrogens with two attached hydrogens (primary N) is 1. The van der Waals surface area contributed by atoms with Crippen LogP contribution < -0.4 is 5.73 Å². The number of rotatable bonds is 4. The predicted molar refractivity (Wildman–Crippen MR) is 82.1 cm³/mol. The molecule has 3 rings (SSSR count). The molecule has 2 aromatic heterocycles. The summed E-state index contributed by atoms with van der Waals surface area (Å²) in [6.07, 6.45) is 7.13. The Bertz CT molecular complexity index is 598. The van der Waals surface area contributed by atoms with Crippen LogP contribution in [0.25, 0.3) is 5.82 Å². The quantitative estimate of drug-likeness (QED) is 0.898. The van der Waals surface area contributed by atoms with Crippen molar-refractivity contribution in [1.29, 1.82) is 0 Å². The molecule has 6 nitrogen and oxygen atoms in total. The molecular weight excluding hydrogens is 286 g/mol. The maximum atomic E-state index is 11.5. The molecule has 0 spiro atoms. The first-order valence-electron chi connectivity index (χ1n) is 6.78. The van der Waals surface area contributed by atoms with E-state index >= 15 is 0 Å². The number of hydrogen-bond donors (Lipinski definition) is 1. The first-order valence-corrected chi connectivity index (χ1v) is 7.94. The van der Waals surface area contributed by atoms with Gasteiger partial charge in [-0.1, -0.05) is 6.07 Å². The molecule has 0 aliphatic carbocycles. The summed E-state index contributed by atoms with van der Waals surface area (Å²) in [6.45, 7) is 1.58. The second-order valence-corrected chi connectivity index (χ2v) is 6.11. The van der Waals surface area contributed by atoms with Gasteiger partial charge in [-0.25, -0.2) is 9.97 Å². The van der Waals surface area contributed by atoms with E-state index in [4.69, 9.17) is 5.73 Å². The van der Waals surface area contributed by atoms with Gasteiger partial charge in [-0.15, -0.1) is 0 Å². The molecule has 1 aliphatic heterocycles. The van der Waals surface area contributed by atoms with Crippen molar-refractivity contribution < 1.29 is 4.79 Å². The Morgan fingerprint density at radius 3 is 3.05 bits per heavy atom. The molecule has 1 amide bonds. The predicted octanol–water partition coefficient (Wildman–Crippen LogP) is 0.670. The van der Waals surface area contributed by atoms with Crippen molar-refractivity contribution >= 4 is 17.7 Å². The third-order valence-corrected chi connectivity index (χ3v) is 4.55. The van der Waals surface area contributed by atoms with Crippen LogP contribution in [0.1, 0.15) is 5.56 Å². The summed E-state index contributed by atoms with van der Waals surface area (Å²) >= 11 is 1.78. The maximum absolute atomic E-state index is 11.5. The zero-order valence-electron chi connectivity index (χ0n) is 11.6. The van der Waals surface area contributed by atoms with Crippen LogP contribution >= 0.6 is 11.8 Å². The molecule has 0 radical (unpaired) electrons. The molecule has 2 aromatic rings. The fourth-order valence-corrected chi connectivity index (χ4v) is 3.51. The molecule has 2 N–H and O–H groups in total. The van der Waals surface area contributed by atoms with Gasteiger partial charge in [-0.2, -0.15) is 11.8 Å². The minimum absolute atomic E-state index is 0.183. The average molecular weight is 303 g/mol. The lowest BCUT2D eigenvalue weighted by atomic mass is 10.2. The Kier molecular flexibility index (Phi) is 4.21. The number of nitrogens with zero attached hydrogens (tertiary/aromatic N) is 4. The summed E-state index contributed by atoms with van der Waals surface area (Å²) in [6, 6.07) is 3.80. The van der Waals surface area contributed by atoms with Gasteiger partial charge in [0.15, 0.2) is 0 Å². The zero-order chi connectivity index (χ0) is 14.7. The molecule has 1 fully saturated rings. The minimum atomic E-state index is -0.245. The number of carbonyl (C=O) groups is 1. The van der Waals surface area contributed by atoms with E-state index in [9.17, 15) is 4.79 Å². The standard InChI is InChI=1S/C14H17N5OS/c15-14(20)12-9-21-6-5-18(12)8-11-1-2-13(17-7-11)19-4-3-16-10-19/h1-4,7,10,12H,5-6,8-9H2,(H2,15,20). The molecule has 0 saturated carbocycles. The fourth-order valence-electron chi connectivity index (χ4n) is 2.38. The summed E-state index contributed by atoms with van der Waals surface area (Å²) in [5, 5.41) is 0. The summed E-state index contributed by atoms with van der Waals surface area (Å²) < 4.78 is 1.85. The fraction of sp³-hybridized carbons (Fsp3) is 0.357. The molecular formula is C14H17N5OS. The molecule has 3 heterocycles. The Balaban J connectivity index is 1.71. The van der Waals surface area contributed by atoms with Gasteiger partial charge in [0, 0.05) is 43.2 Å². The number of hydrogen-bond acceptors (Lipinski definition) is 5. The Morgan fingerprint density at radius 2 is 2.38 bits per heavy atom. The lowest BCUT2D eigenvalue weighted by molar-refractivity contribution is -0.122. The van der Waals surface area contributed by atoms with E-state index in [1.165, 1.54) is 0 Å². The highest BCUT2D eigenvalue weighted by atomic mass is 32.2. The van der Waals surface area contributed by atoms with Crippen molar-refractivity contribution in [3.05, 3.63) is 42.6 Å². The number of amides is 1. The highest BCUT2D eigenvalue weighted by Crippen LogP contribution is 2.19. The molecule has 0 aromatic carbocycles. The van der Waals surface area contributed by atoms with Crippen molar-refractivity contribution in [3.63, 3.8) is 0 Å². The van der Waals surface area contributed by atoms with Crippen LogP contribution in [0.5, 0.6) is 0 Å². The molecule has 7 heteroatoms. The van der Waals surface area contributed by atoms with E-state index in [-0.39, 0.29) is 11.9 Å². The van der Waals surface area contributed by atoms with Crippen molar-refractivity contribution in [3.8, 4) is 5.82 Å². The summed E-state index contributed by atoms with van der Waals surface area (Å²) in [4.78, 5) is 22.1. The van der Waals surface area contributed by atoms with E-state index in [0.29, 0.717) is 6.54 Å². The second-order valence-electron chi connectivity index (χ2n) is 4.96. The van der Waals surface area contributed by atoms with Gasteiger partial charge in [0.2, 0.25) is 5.91 Å². The first-order chi connectivity index (χ1) is 10.2. The summed E-state index contributed by atoms with van der Waals surface area (Å²) in [5.74, 6) is 2.39. The van der Waals surface area contributed by atoms with E-state index in [2.05, 4.69) is 14.9 Å². The second kappa shape index (κ2) is 6.28. The number of aromatic nitrogens is 3. The number of imidazole rings is 1. The maximum Gasteiger partial charge on any atom is 0.235 e. The highest BCUT2D eigenvalue weighted by Gasteiger charge is 2.27. The summed E-state index contributed by atoms with van der Waals surface area (Å²) in [5.41, 5.74) is 6.56. The molecule has 1 atom stereocenters. The number of carbonyl (C=O) groups excluding carboxylic acids is 1. The summed E-state index contributed by atoms with van der Waals surface area (Å²) in [7, 11) is 0. The van der Waals surface area contributed by atoms with Crippen LogP contribution in [0, 0.1) is 0 Å². The van der Waals surface area contributed by atoms with Gasteiger partial charge in [0.1, 0.15) is 12.1 Å². The van der Waals surface area contributed by atoms with E-state index < -0.39 is 0 Å². The van der Waals surface area contributed by atoms with Crippen LogP contribution in [0.2, 0.25) is 0 Å². The molecule has 110 valence electrons. The van der Waals surface area contributed by atoms with E-state index in [1.807, 2.05) is 29.1 Å². The van der Waals surface area contributed by atoms with Gasteiger partial charge in [0.05, 0.1) is 6.04 Å². The molecule has 1 unspecified atom stereocenters. The lowest BCUT2D eigenvalue weighted by Crippen LogP contribution is -2.49. The van der Waals surface area contributed by atoms with Crippen molar-refractivity contribution in [2.24, 2.45) is 5.73 Å². The van der Waals surface area contributed by atoms with Gasteiger partial charge >= 0.3 is 0 Å². The molecule has 1 aliphatic rings. The molecule has 1 saturated heterocycles. The Labute approximate surface area is 127 Å². The monoisotopic (exact) mass is 303 g/mol. The minimum Gasteiger partial charge on any atom is -0.368 e. The average Bonchev–Trinajstić information content (AvgIpc) is 3.03. The number of thioether (sulfide) groups is 1. The number of primary amides is 1. The van der Waals surface area contributed by atoms with Crippen LogP contribution in [0.4, 0.5) is 0 Å². The largest absolute Gasteiger partial charge is 0.368 e. The van der Waals surface area contributed by atoms with Crippen LogP contribution in [0.15, 0.2) is 37.1 Å². The number of pyridine rings is 1. The van der Waals surface area contributed by atoms with Gasteiger partial charge in [-0.05, 0) is 11.6 Å². The molecule has 21 heavy (non-hydrogen) atoms. The van der Waals surface area contributed by atoms with Gasteiger partial charge < -0.3 is 5.73 Å². The van der Waals surface area contributed by atoms with Crippen molar-refractivity contribution in [2.45, 2.75) is 12.6 Å². The van der Waals surface area contributed by atoms with E-state index in [1.54, 1.807) is 24.3 Å². The Morgan fingerprint density at radius 1 is 1.48 bits per heavy atom. The van der Waals surface area contributed by atoms with Crippen LogP contribution in [-0.2, 0) is 11.3 Å². The lowest BCUT2D eigenvalue weighted by Gasteiger charge is -2.33. The normalized spacial score (nSPS) is 19.5. The first kappa shape index (κ1) is 14.1. The molecule has 0 bridgehead atoms. The zero-order valence-corrected chi connectivity index (χ0v) is 12.4. The third-order valence-electron chi connectivity index (χ3n) is 3.53. The SMILES string of the molecule is NC(=O)C1CSCCN1Cc1ccc(-n2ccnc2)nc1. The van der Waals surface area contributed by atoms with Gasteiger partial charge in [-0.3, -0.25) is 14.3 Å². The Hall–Kier alpha value is -1.86.